The van der Waals surface area contributed by atoms with Gasteiger partial charge in [0.2, 0.25) is 5.91 Å². The summed E-state index contributed by atoms with van der Waals surface area (Å²) in [6.07, 6.45) is 0.307. The Morgan fingerprint density at radius 1 is 1.22 bits per heavy atom. The van der Waals surface area contributed by atoms with Crippen molar-refractivity contribution in [2.24, 2.45) is 0 Å². The molecule has 18 heavy (non-hydrogen) atoms. The number of amides is 1. The van der Waals surface area contributed by atoms with Crippen LogP contribution in [0, 0.1) is 11.6 Å². The lowest BCUT2D eigenvalue weighted by atomic mass is 10.2. The van der Waals surface area contributed by atoms with Crippen molar-refractivity contribution < 1.29 is 13.6 Å². The van der Waals surface area contributed by atoms with Gasteiger partial charge in [-0.15, -0.1) is 11.3 Å². The monoisotopic (exact) mass is 267 g/mol. The van der Waals surface area contributed by atoms with E-state index in [1.54, 1.807) is 0 Å². The van der Waals surface area contributed by atoms with E-state index in [2.05, 4.69) is 5.32 Å². The van der Waals surface area contributed by atoms with Crippen molar-refractivity contribution in [3.8, 4) is 0 Å². The maximum atomic E-state index is 12.9. The smallest absolute Gasteiger partial charge is 0.225 e. The van der Waals surface area contributed by atoms with Gasteiger partial charge in [-0.1, -0.05) is 12.1 Å². The molecular formula is C13H11F2NOS. The van der Waals surface area contributed by atoms with Crippen LogP contribution in [-0.4, -0.2) is 5.91 Å². The molecule has 0 unspecified atom stereocenters. The first-order valence-electron chi connectivity index (χ1n) is 5.38. The highest BCUT2D eigenvalue weighted by molar-refractivity contribution is 7.10. The molecule has 0 aliphatic carbocycles. The topological polar surface area (TPSA) is 29.1 Å². The predicted octanol–water partition coefficient (Wildman–Crippen LogP) is 2.89. The third-order valence-corrected chi connectivity index (χ3v) is 3.26. The van der Waals surface area contributed by atoms with Crippen LogP contribution < -0.4 is 5.32 Å². The molecular weight excluding hydrogens is 256 g/mol. The summed E-state index contributed by atoms with van der Waals surface area (Å²) in [5, 5.41) is 4.56. The third kappa shape index (κ3) is 3.37. The van der Waals surface area contributed by atoms with Crippen molar-refractivity contribution in [3.05, 3.63) is 57.8 Å². The second kappa shape index (κ2) is 5.73. The van der Waals surface area contributed by atoms with Crippen LogP contribution in [0.5, 0.6) is 0 Å². The number of thiophene rings is 1. The molecule has 1 N–H and O–H groups in total. The third-order valence-electron chi connectivity index (χ3n) is 2.39. The maximum absolute atomic E-state index is 12.9. The molecule has 94 valence electrons. The van der Waals surface area contributed by atoms with Gasteiger partial charge in [-0.3, -0.25) is 4.79 Å². The molecule has 0 aliphatic heterocycles. The summed E-state index contributed by atoms with van der Waals surface area (Å²) in [6.45, 7) is 0.196. The summed E-state index contributed by atoms with van der Waals surface area (Å²) < 4.78 is 25.6. The lowest BCUT2D eigenvalue weighted by molar-refractivity contribution is -0.120. The Morgan fingerprint density at radius 3 is 2.72 bits per heavy atom. The van der Waals surface area contributed by atoms with Gasteiger partial charge in [-0.05, 0) is 29.1 Å². The van der Waals surface area contributed by atoms with Crippen molar-refractivity contribution in [3.63, 3.8) is 0 Å². The van der Waals surface area contributed by atoms with E-state index in [1.165, 1.54) is 17.4 Å². The molecule has 0 aliphatic rings. The Kier molecular flexibility index (Phi) is 4.04. The maximum Gasteiger partial charge on any atom is 0.225 e. The number of rotatable bonds is 4. The quantitative estimate of drug-likeness (QED) is 0.906. The summed E-state index contributed by atoms with van der Waals surface area (Å²) in [7, 11) is 0. The molecule has 2 nitrogen and oxygen atoms in total. The van der Waals surface area contributed by atoms with Gasteiger partial charge in [0.05, 0.1) is 6.42 Å². The van der Waals surface area contributed by atoms with Crippen molar-refractivity contribution in [2.75, 3.05) is 0 Å². The van der Waals surface area contributed by atoms with Crippen LogP contribution in [-0.2, 0) is 17.8 Å². The Bertz CT molecular complexity index is 540. The standard InChI is InChI=1S/C13H11F2NOS/c14-11-4-3-9(6-12(11)15)8-16-13(17)7-10-2-1-5-18-10/h1-6H,7-8H2,(H,16,17). The minimum absolute atomic E-state index is 0.137. The second-order valence-corrected chi connectivity index (χ2v) is 4.81. The Hall–Kier alpha value is -1.75. The van der Waals surface area contributed by atoms with E-state index < -0.39 is 11.6 Å². The molecule has 1 aromatic heterocycles. The zero-order chi connectivity index (χ0) is 13.0. The minimum Gasteiger partial charge on any atom is -0.352 e. The van der Waals surface area contributed by atoms with E-state index >= 15 is 0 Å². The van der Waals surface area contributed by atoms with E-state index in [9.17, 15) is 13.6 Å². The van der Waals surface area contributed by atoms with Crippen LogP contribution in [0.2, 0.25) is 0 Å². The molecule has 0 spiro atoms. The highest BCUT2D eigenvalue weighted by atomic mass is 32.1. The van der Waals surface area contributed by atoms with Gasteiger partial charge >= 0.3 is 0 Å². The van der Waals surface area contributed by atoms with Crippen molar-refractivity contribution in [1.29, 1.82) is 0 Å². The molecule has 1 heterocycles. The van der Waals surface area contributed by atoms with Gasteiger partial charge in [-0.25, -0.2) is 8.78 Å². The van der Waals surface area contributed by atoms with Gasteiger partial charge in [0.15, 0.2) is 11.6 Å². The van der Waals surface area contributed by atoms with Crippen LogP contribution in [0.1, 0.15) is 10.4 Å². The molecule has 0 radical (unpaired) electrons. The number of hydrogen-bond donors (Lipinski definition) is 1. The van der Waals surface area contributed by atoms with Crippen molar-refractivity contribution in [1.82, 2.24) is 5.32 Å². The number of hydrogen-bond acceptors (Lipinski definition) is 2. The first-order valence-corrected chi connectivity index (χ1v) is 6.26. The highest BCUT2D eigenvalue weighted by Gasteiger charge is 2.06. The second-order valence-electron chi connectivity index (χ2n) is 3.78. The summed E-state index contributed by atoms with van der Waals surface area (Å²) in [4.78, 5) is 12.5. The molecule has 0 saturated heterocycles. The summed E-state index contributed by atoms with van der Waals surface area (Å²) >= 11 is 1.51. The minimum atomic E-state index is -0.903. The zero-order valence-corrected chi connectivity index (χ0v) is 10.3. The molecule has 2 aromatic rings. The van der Waals surface area contributed by atoms with Crippen molar-refractivity contribution >= 4 is 17.2 Å². The largest absolute Gasteiger partial charge is 0.352 e. The number of carbonyl (C=O) groups excluding carboxylic acids is 1. The lowest BCUT2D eigenvalue weighted by Gasteiger charge is -2.05. The van der Waals surface area contributed by atoms with Crippen LogP contribution in [0.4, 0.5) is 8.78 Å². The molecule has 0 bridgehead atoms. The average molecular weight is 267 g/mol. The first kappa shape index (κ1) is 12.7. The fraction of sp³-hybridized carbons (Fsp3) is 0.154. The summed E-state index contributed by atoms with van der Waals surface area (Å²) in [5.74, 6) is -1.93. The van der Waals surface area contributed by atoms with Gasteiger partial charge < -0.3 is 5.32 Å². The van der Waals surface area contributed by atoms with Crippen molar-refractivity contribution in [2.45, 2.75) is 13.0 Å². The SMILES string of the molecule is O=C(Cc1cccs1)NCc1ccc(F)c(F)c1. The van der Waals surface area contributed by atoms with Crippen LogP contribution in [0.15, 0.2) is 35.7 Å². The van der Waals surface area contributed by atoms with E-state index in [0.717, 1.165) is 17.0 Å². The fourth-order valence-electron chi connectivity index (χ4n) is 1.48. The van der Waals surface area contributed by atoms with E-state index in [-0.39, 0.29) is 12.5 Å². The molecule has 0 atom stereocenters. The Morgan fingerprint density at radius 2 is 2.06 bits per heavy atom. The number of benzene rings is 1. The van der Waals surface area contributed by atoms with Gasteiger partial charge in [0, 0.05) is 11.4 Å². The fourth-order valence-corrected chi connectivity index (χ4v) is 2.19. The number of halogens is 2. The number of nitrogens with one attached hydrogen (secondary N) is 1. The first-order chi connectivity index (χ1) is 8.65. The van der Waals surface area contributed by atoms with E-state index in [0.29, 0.717) is 12.0 Å². The molecule has 1 amide bonds. The average Bonchev–Trinajstić information content (AvgIpc) is 2.83. The molecule has 5 heteroatoms. The van der Waals surface area contributed by atoms with Gasteiger partial charge in [0.1, 0.15) is 0 Å². The Balaban J connectivity index is 1.87. The van der Waals surface area contributed by atoms with Gasteiger partial charge in [0.25, 0.3) is 0 Å². The van der Waals surface area contributed by atoms with Gasteiger partial charge in [-0.2, -0.15) is 0 Å². The lowest BCUT2D eigenvalue weighted by Crippen LogP contribution is -2.24. The zero-order valence-electron chi connectivity index (χ0n) is 9.45. The molecule has 2 rings (SSSR count). The highest BCUT2D eigenvalue weighted by Crippen LogP contribution is 2.10. The Labute approximate surface area is 107 Å². The van der Waals surface area contributed by atoms with Crippen LogP contribution >= 0.6 is 11.3 Å². The molecule has 0 saturated carbocycles. The summed E-state index contributed by atoms with van der Waals surface area (Å²) in [6, 6.07) is 7.34. The van der Waals surface area contributed by atoms with Crippen LogP contribution in [0.25, 0.3) is 0 Å². The number of carbonyl (C=O) groups is 1. The molecule has 0 fully saturated rings. The predicted molar refractivity (Wildman–Crippen MR) is 66.2 cm³/mol. The normalized spacial score (nSPS) is 10.3. The summed E-state index contributed by atoms with van der Waals surface area (Å²) in [5.41, 5.74) is 0.536. The van der Waals surface area contributed by atoms with E-state index in [1.807, 2.05) is 17.5 Å². The van der Waals surface area contributed by atoms with Crippen LogP contribution in [0.3, 0.4) is 0 Å². The van der Waals surface area contributed by atoms with E-state index in [4.69, 9.17) is 0 Å². The molecule has 1 aromatic carbocycles.